The molecule has 1 aliphatic rings. The van der Waals surface area contributed by atoms with E-state index in [1.165, 1.54) is 38.5 Å². The third kappa shape index (κ3) is 8.06. The van der Waals surface area contributed by atoms with Crippen molar-refractivity contribution in [3.63, 3.8) is 0 Å². The van der Waals surface area contributed by atoms with E-state index in [0.29, 0.717) is 6.04 Å². The summed E-state index contributed by atoms with van der Waals surface area (Å²) in [6.07, 6.45) is 9.69. The summed E-state index contributed by atoms with van der Waals surface area (Å²) < 4.78 is 5.50. The van der Waals surface area contributed by atoms with Crippen molar-refractivity contribution in [3.05, 3.63) is 0 Å². The minimum Gasteiger partial charge on any atom is -0.381 e. The maximum absolute atomic E-state index is 5.50. The van der Waals surface area contributed by atoms with Gasteiger partial charge in [0.2, 0.25) is 5.96 Å². The number of nitrogens with zero attached hydrogens (tertiary/aromatic N) is 1. The lowest BCUT2D eigenvalue weighted by atomic mass is 9.96. The molecule has 4 N–H and O–H groups in total. The van der Waals surface area contributed by atoms with Crippen molar-refractivity contribution >= 4 is 5.96 Å². The minimum atomic E-state index is 0.532. The highest BCUT2D eigenvalue weighted by atomic mass is 16.5. The fourth-order valence-electron chi connectivity index (χ4n) is 2.28. The van der Waals surface area contributed by atoms with Crippen molar-refractivity contribution in [1.82, 2.24) is 10.7 Å². The Balaban J connectivity index is 2.09. The van der Waals surface area contributed by atoms with Crippen LogP contribution in [0.2, 0.25) is 0 Å². The summed E-state index contributed by atoms with van der Waals surface area (Å²) in [6, 6.07) is 0.532. The second kappa shape index (κ2) is 11.1. The molecule has 1 aliphatic carbocycles. The topological polar surface area (TPSA) is 71.7 Å². The molecule has 1 saturated carbocycles. The highest BCUT2D eigenvalue weighted by Crippen LogP contribution is 2.17. The molecule has 112 valence electrons. The molecule has 0 aliphatic heterocycles. The lowest BCUT2D eigenvalue weighted by Gasteiger charge is -2.24. The number of unbranched alkanes of at least 4 members (excludes halogenated alkanes) is 1. The summed E-state index contributed by atoms with van der Waals surface area (Å²) in [4.78, 5) is 4.44. The lowest BCUT2D eigenvalue weighted by molar-refractivity contribution is 0.130. The van der Waals surface area contributed by atoms with E-state index in [1.807, 2.05) is 0 Å². The molecular weight excluding hydrogens is 240 g/mol. The highest BCUT2D eigenvalue weighted by Gasteiger charge is 2.13. The maximum Gasteiger partial charge on any atom is 0.205 e. The van der Waals surface area contributed by atoms with Gasteiger partial charge in [-0.1, -0.05) is 32.6 Å². The van der Waals surface area contributed by atoms with Gasteiger partial charge in [-0.2, -0.15) is 0 Å². The Kier molecular flexibility index (Phi) is 9.45. The van der Waals surface area contributed by atoms with E-state index >= 15 is 0 Å². The smallest absolute Gasteiger partial charge is 0.205 e. The normalized spacial score (nSPS) is 17.5. The van der Waals surface area contributed by atoms with Crippen LogP contribution in [0.3, 0.4) is 0 Å². The molecule has 0 bridgehead atoms. The van der Waals surface area contributed by atoms with Crippen LogP contribution in [0.1, 0.15) is 58.3 Å². The van der Waals surface area contributed by atoms with Crippen molar-refractivity contribution < 1.29 is 4.74 Å². The first-order valence-electron chi connectivity index (χ1n) is 7.72. The molecule has 0 amide bonds. The van der Waals surface area contributed by atoms with Gasteiger partial charge in [0.05, 0.1) is 0 Å². The molecule has 0 aromatic carbocycles. The third-order valence-corrected chi connectivity index (χ3v) is 3.44. The van der Waals surface area contributed by atoms with Gasteiger partial charge >= 0.3 is 0 Å². The minimum absolute atomic E-state index is 0.532. The first-order chi connectivity index (χ1) is 9.36. The summed E-state index contributed by atoms with van der Waals surface area (Å²) in [5.74, 6) is 6.22. The number of nitrogens with two attached hydrogens (primary N) is 1. The van der Waals surface area contributed by atoms with Crippen LogP contribution in [0.15, 0.2) is 4.99 Å². The van der Waals surface area contributed by atoms with E-state index in [-0.39, 0.29) is 0 Å². The number of hydrazine groups is 1. The van der Waals surface area contributed by atoms with Gasteiger partial charge in [-0.15, -0.1) is 0 Å². The first kappa shape index (κ1) is 16.2. The molecule has 0 saturated heterocycles. The van der Waals surface area contributed by atoms with Crippen molar-refractivity contribution in [2.45, 2.75) is 64.3 Å². The highest BCUT2D eigenvalue weighted by molar-refractivity contribution is 5.79. The monoisotopic (exact) mass is 270 g/mol. The van der Waals surface area contributed by atoms with Crippen LogP contribution in [-0.4, -0.2) is 31.8 Å². The number of guanidine groups is 1. The van der Waals surface area contributed by atoms with Crippen LogP contribution in [0, 0.1) is 0 Å². The van der Waals surface area contributed by atoms with E-state index in [9.17, 15) is 0 Å². The molecule has 0 heterocycles. The zero-order chi connectivity index (χ0) is 13.8. The Bertz CT molecular complexity index is 240. The molecular formula is C14H30N4O. The van der Waals surface area contributed by atoms with E-state index < -0.39 is 0 Å². The zero-order valence-corrected chi connectivity index (χ0v) is 12.3. The Morgan fingerprint density at radius 1 is 1.21 bits per heavy atom. The zero-order valence-electron chi connectivity index (χ0n) is 12.3. The summed E-state index contributed by atoms with van der Waals surface area (Å²) in [5, 5.41) is 3.39. The second-order valence-corrected chi connectivity index (χ2v) is 5.17. The summed E-state index contributed by atoms with van der Waals surface area (Å²) >= 11 is 0. The Morgan fingerprint density at radius 2 is 1.95 bits per heavy atom. The lowest BCUT2D eigenvalue weighted by Crippen LogP contribution is -2.47. The number of aliphatic imine (C=N–C) groups is 1. The summed E-state index contributed by atoms with van der Waals surface area (Å²) in [6.45, 7) is 4.57. The van der Waals surface area contributed by atoms with Crippen molar-refractivity contribution in [3.8, 4) is 0 Å². The van der Waals surface area contributed by atoms with Gasteiger partial charge in [-0.05, 0) is 25.7 Å². The Labute approximate surface area is 117 Å². The van der Waals surface area contributed by atoms with Gasteiger partial charge in [0, 0.05) is 25.8 Å². The van der Waals surface area contributed by atoms with Crippen LogP contribution in [0.25, 0.3) is 0 Å². The molecule has 0 unspecified atom stereocenters. The fourth-order valence-corrected chi connectivity index (χ4v) is 2.28. The van der Waals surface area contributed by atoms with Crippen LogP contribution >= 0.6 is 0 Å². The maximum atomic E-state index is 5.50. The van der Waals surface area contributed by atoms with Gasteiger partial charge in [0.15, 0.2) is 0 Å². The third-order valence-electron chi connectivity index (χ3n) is 3.44. The molecule has 0 aromatic heterocycles. The SMILES string of the molecule is CCCCOCCCN=C(NN)NC1CCCCC1. The van der Waals surface area contributed by atoms with Crippen LogP contribution < -0.4 is 16.6 Å². The number of hydrogen-bond donors (Lipinski definition) is 3. The van der Waals surface area contributed by atoms with Gasteiger partial charge in [-0.25, -0.2) is 5.84 Å². The standard InChI is InChI=1S/C14H30N4O/c1-2-3-11-19-12-7-10-16-14(18-15)17-13-8-5-4-6-9-13/h13H,2-12,15H2,1H3,(H2,16,17,18). The Hall–Kier alpha value is -0.810. The number of nitrogens with one attached hydrogen (secondary N) is 2. The molecule has 1 rings (SSSR count). The van der Waals surface area contributed by atoms with Crippen LogP contribution in [-0.2, 0) is 4.74 Å². The van der Waals surface area contributed by atoms with Crippen LogP contribution in [0.5, 0.6) is 0 Å². The molecule has 5 heteroatoms. The average molecular weight is 270 g/mol. The van der Waals surface area contributed by atoms with Crippen LogP contribution in [0.4, 0.5) is 0 Å². The van der Waals surface area contributed by atoms with Gasteiger partial charge < -0.3 is 10.1 Å². The molecule has 1 fully saturated rings. The number of hydrogen-bond acceptors (Lipinski definition) is 3. The van der Waals surface area contributed by atoms with E-state index in [4.69, 9.17) is 10.6 Å². The predicted octanol–water partition coefficient (Wildman–Crippen LogP) is 1.93. The number of rotatable bonds is 8. The predicted molar refractivity (Wildman–Crippen MR) is 80.0 cm³/mol. The second-order valence-electron chi connectivity index (χ2n) is 5.17. The first-order valence-corrected chi connectivity index (χ1v) is 7.72. The largest absolute Gasteiger partial charge is 0.381 e. The summed E-state index contributed by atoms with van der Waals surface area (Å²) in [5.41, 5.74) is 2.66. The van der Waals surface area contributed by atoms with Crippen molar-refractivity contribution in [2.75, 3.05) is 19.8 Å². The molecule has 19 heavy (non-hydrogen) atoms. The average Bonchev–Trinajstić information content (AvgIpc) is 2.46. The van der Waals surface area contributed by atoms with Gasteiger partial charge in [0.1, 0.15) is 0 Å². The molecule has 0 aromatic rings. The summed E-state index contributed by atoms with van der Waals surface area (Å²) in [7, 11) is 0. The molecule has 5 nitrogen and oxygen atoms in total. The van der Waals surface area contributed by atoms with E-state index in [1.54, 1.807) is 0 Å². The molecule has 0 radical (unpaired) electrons. The van der Waals surface area contributed by atoms with Gasteiger partial charge in [-0.3, -0.25) is 10.4 Å². The molecule has 0 atom stereocenters. The quantitative estimate of drug-likeness (QED) is 0.207. The molecule has 0 spiro atoms. The van der Waals surface area contributed by atoms with E-state index in [0.717, 1.165) is 38.6 Å². The van der Waals surface area contributed by atoms with Crippen molar-refractivity contribution in [1.29, 1.82) is 0 Å². The number of ether oxygens (including phenoxy) is 1. The van der Waals surface area contributed by atoms with E-state index in [2.05, 4.69) is 22.7 Å². The Morgan fingerprint density at radius 3 is 2.63 bits per heavy atom. The van der Waals surface area contributed by atoms with Crippen molar-refractivity contribution in [2.24, 2.45) is 10.8 Å². The fraction of sp³-hybridized carbons (Fsp3) is 0.929. The van der Waals surface area contributed by atoms with Gasteiger partial charge in [0.25, 0.3) is 0 Å².